The monoisotopic (exact) mass is 321 g/mol. The summed E-state index contributed by atoms with van der Waals surface area (Å²) in [5.41, 5.74) is 2.04. The van der Waals surface area contributed by atoms with Gasteiger partial charge in [-0.15, -0.1) is 5.10 Å². The molecule has 1 amide bonds. The molecule has 0 radical (unpaired) electrons. The van der Waals surface area contributed by atoms with Gasteiger partial charge in [0, 0.05) is 32.5 Å². The number of aryl methyl sites for hydroxylation is 1. The Hall–Kier alpha value is -1.47. The van der Waals surface area contributed by atoms with Crippen LogP contribution in [0.2, 0.25) is 0 Å². The number of likely N-dealkylation sites (N-methyl/N-ethyl adjacent to an activating group) is 1. The zero-order chi connectivity index (χ0) is 16.4. The van der Waals surface area contributed by atoms with Crippen molar-refractivity contribution in [1.82, 2.24) is 24.8 Å². The standard InChI is InChI=1S/C16H27N5O2/c1-19(2)6-7-23-11-13-9-21(15(22)8-12-4-5-12)10-14-16(13)20(3)18-17-14/h12-13H,4-11H2,1-3H3. The van der Waals surface area contributed by atoms with Crippen LogP contribution in [0.15, 0.2) is 0 Å². The van der Waals surface area contributed by atoms with Crippen molar-refractivity contribution in [2.75, 3.05) is 40.4 Å². The van der Waals surface area contributed by atoms with Crippen molar-refractivity contribution in [1.29, 1.82) is 0 Å². The van der Waals surface area contributed by atoms with Gasteiger partial charge < -0.3 is 14.5 Å². The number of nitrogens with zero attached hydrogens (tertiary/aromatic N) is 5. The lowest BCUT2D eigenvalue weighted by Gasteiger charge is -2.32. The SMILES string of the molecule is CN(C)CCOCC1CN(C(=O)CC2CC2)Cc2nnn(C)c21. The molecule has 1 aromatic heterocycles. The fourth-order valence-corrected chi connectivity index (χ4v) is 3.11. The van der Waals surface area contributed by atoms with E-state index < -0.39 is 0 Å². The first-order valence-corrected chi connectivity index (χ1v) is 8.43. The van der Waals surface area contributed by atoms with Crippen molar-refractivity contribution >= 4 is 5.91 Å². The third kappa shape index (κ3) is 4.09. The molecule has 1 aliphatic carbocycles. The lowest BCUT2D eigenvalue weighted by Crippen LogP contribution is -2.40. The number of fused-ring (bicyclic) bond motifs is 1. The highest BCUT2D eigenvalue weighted by Crippen LogP contribution is 2.34. The van der Waals surface area contributed by atoms with Crippen LogP contribution in [0.25, 0.3) is 0 Å². The van der Waals surface area contributed by atoms with Crippen LogP contribution in [-0.4, -0.2) is 71.1 Å². The third-order valence-electron chi connectivity index (χ3n) is 4.63. The van der Waals surface area contributed by atoms with Crippen molar-refractivity contribution in [3.63, 3.8) is 0 Å². The minimum absolute atomic E-state index is 0.157. The summed E-state index contributed by atoms with van der Waals surface area (Å²) in [7, 11) is 5.98. The van der Waals surface area contributed by atoms with Crippen LogP contribution < -0.4 is 0 Å². The van der Waals surface area contributed by atoms with Crippen molar-refractivity contribution in [3.8, 4) is 0 Å². The van der Waals surface area contributed by atoms with Crippen LogP contribution in [0, 0.1) is 5.92 Å². The fraction of sp³-hybridized carbons (Fsp3) is 0.812. The highest BCUT2D eigenvalue weighted by atomic mass is 16.5. The van der Waals surface area contributed by atoms with Crippen LogP contribution in [0.4, 0.5) is 0 Å². The van der Waals surface area contributed by atoms with E-state index in [1.807, 2.05) is 30.7 Å². The Morgan fingerprint density at radius 2 is 2.17 bits per heavy atom. The normalized spacial score (nSPS) is 20.9. The first-order valence-electron chi connectivity index (χ1n) is 8.43. The Bertz CT molecular complexity index is 553. The van der Waals surface area contributed by atoms with E-state index in [2.05, 4.69) is 15.2 Å². The van der Waals surface area contributed by atoms with Gasteiger partial charge in [0.2, 0.25) is 5.91 Å². The first kappa shape index (κ1) is 16.4. The van der Waals surface area contributed by atoms with E-state index in [0.717, 1.165) is 17.9 Å². The van der Waals surface area contributed by atoms with Crippen molar-refractivity contribution in [2.45, 2.75) is 31.7 Å². The number of hydrogen-bond acceptors (Lipinski definition) is 5. The number of aromatic nitrogens is 3. The van der Waals surface area contributed by atoms with E-state index in [1.165, 1.54) is 12.8 Å². The average Bonchev–Trinajstić information content (AvgIpc) is 3.24. The molecule has 0 spiro atoms. The van der Waals surface area contributed by atoms with Gasteiger partial charge in [-0.05, 0) is 32.9 Å². The van der Waals surface area contributed by atoms with Crippen molar-refractivity contribution in [3.05, 3.63) is 11.4 Å². The zero-order valence-corrected chi connectivity index (χ0v) is 14.4. The van der Waals surface area contributed by atoms with Gasteiger partial charge in [-0.2, -0.15) is 0 Å². The maximum Gasteiger partial charge on any atom is 0.223 e. The molecule has 0 saturated heterocycles. The molecular weight excluding hydrogens is 294 g/mol. The summed E-state index contributed by atoms with van der Waals surface area (Å²) in [4.78, 5) is 16.5. The van der Waals surface area contributed by atoms with Crippen LogP contribution in [0.5, 0.6) is 0 Å². The molecule has 7 heteroatoms. The van der Waals surface area contributed by atoms with Gasteiger partial charge in [0.25, 0.3) is 0 Å². The number of amides is 1. The Morgan fingerprint density at radius 3 is 2.87 bits per heavy atom. The molecule has 1 aromatic rings. The Morgan fingerprint density at radius 1 is 1.39 bits per heavy atom. The van der Waals surface area contributed by atoms with E-state index in [1.54, 1.807) is 0 Å². The molecule has 1 atom stereocenters. The Balaban J connectivity index is 1.63. The molecular formula is C16H27N5O2. The second-order valence-electron chi connectivity index (χ2n) is 7.04. The number of rotatable bonds is 7. The van der Waals surface area contributed by atoms with Gasteiger partial charge in [0.05, 0.1) is 25.5 Å². The second kappa shape index (κ2) is 6.97. The van der Waals surface area contributed by atoms with Crippen LogP contribution in [0.3, 0.4) is 0 Å². The van der Waals surface area contributed by atoms with Gasteiger partial charge in [-0.1, -0.05) is 5.21 Å². The van der Waals surface area contributed by atoms with Gasteiger partial charge in [0.15, 0.2) is 0 Å². The highest BCUT2D eigenvalue weighted by molar-refractivity contribution is 5.77. The summed E-state index contributed by atoms with van der Waals surface area (Å²) in [6.07, 6.45) is 3.09. The third-order valence-corrected chi connectivity index (χ3v) is 4.63. The highest BCUT2D eigenvalue weighted by Gasteiger charge is 2.34. The molecule has 3 rings (SSSR count). The molecule has 0 aromatic carbocycles. The predicted molar refractivity (Wildman–Crippen MR) is 85.9 cm³/mol. The van der Waals surface area contributed by atoms with Gasteiger partial charge in [-0.3, -0.25) is 9.48 Å². The molecule has 0 bridgehead atoms. The lowest BCUT2D eigenvalue weighted by molar-refractivity contribution is -0.133. The molecule has 23 heavy (non-hydrogen) atoms. The van der Waals surface area contributed by atoms with E-state index in [-0.39, 0.29) is 11.8 Å². The molecule has 1 aliphatic heterocycles. The Labute approximate surface area is 137 Å². The van der Waals surface area contributed by atoms with E-state index in [0.29, 0.717) is 38.6 Å². The predicted octanol–water partition coefficient (Wildman–Crippen LogP) is 0.619. The van der Waals surface area contributed by atoms with Crippen molar-refractivity contribution in [2.24, 2.45) is 13.0 Å². The lowest BCUT2D eigenvalue weighted by atomic mass is 9.98. The van der Waals surface area contributed by atoms with Crippen molar-refractivity contribution < 1.29 is 9.53 Å². The smallest absolute Gasteiger partial charge is 0.223 e. The topological polar surface area (TPSA) is 63.5 Å². The molecule has 7 nitrogen and oxygen atoms in total. The molecule has 2 aliphatic rings. The molecule has 0 N–H and O–H groups in total. The quantitative estimate of drug-likeness (QED) is 0.689. The van der Waals surface area contributed by atoms with Crippen LogP contribution >= 0.6 is 0 Å². The van der Waals surface area contributed by atoms with E-state index in [9.17, 15) is 4.79 Å². The maximum absolute atomic E-state index is 12.5. The minimum atomic E-state index is 0.157. The largest absolute Gasteiger partial charge is 0.379 e. The summed E-state index contributed by atoms with van der Waals surface area (Å²) >= 11 is 0. The number of carbonyl (C=O) groups excluding carboxylic acids is 1. The summed E-state index contributed by atoms with van der Waals surface area (Å²) in [5.74, 6) is 1.02. The van der Waals surface area contributed by atoms with Crippen LogP contribution in [0.1, 0.15) is 36.6 Å². The minimum Gasteiger partial charge on any atom is -0.379 e. The van der Waals surface area contributed by atoms with Gasteiger partial charge in [-0.25, -0.2) is 0 Å². The number of ether oxygens (including phenoxy) is 1. The van der Waals surface area contributed by atoms with Crippen LogP contribution in [-0.2, 0) is 23.1 Å². The van der Waals surface area contributed by atoms with E-state index in [4.69, 9.17) is 4.74 Å². The molecule has 128 valence electrons. The summed E-state index contributed by atoms with van der Waals surface area (Å²) in [5, 5.41) is 8.38. The molecule has 1 fully saturated rings. The van der Waals surface area contributed by atoms with E-state index >= 15 is 0 Å². The number of hydrogen-bond donors (Lipinski definition) is 0. The second-order valence-corrected chi connectivity index (χ2v) is 7.04. The number of carbonyl (C=O) groups is 1. The molecule has 1 unspecified atom stereocenters. The zero-order valence-electron chi connectivity index (χ0n) is 14.4. The maximum atomic E-state index is 12.5. The summed E-state index contributed by atoms with van der Waals surface area (Å²) in [6.45, 7) is 3.49. The molecule has 2 heterocycles. The summed E-state index contributed by atoms with van der Waals surface area (Å²) in [6, 6.07) is 0. The Kier molecular flexibility index (Phi) is 4.96. The molecule has 1 saturated carbocycles. The first-order chi connectivity index (χ1) is 11.0. The van der Waals surface area contributed by atoms with Gasteiger partial charge >= 0.3 is 0 Å². The average molecular weight is 321 g/mol. The fourth-order valence-electron chi connectivity index (χ4n) is 3.11. The summed E-state index contributed by atoms with van der Waals surface area (Å²) < 4.78 is 7.67. The van der Waals surface area contributed by atoms with Gasteiger partial charge in [0.1, 0.15) is 5.69 Å².